The number of carbonyl (C=O) groups excluding carboxylic acids is 2. The zero-order chi connectivity index (χ0) is 19.5. The first-order valence-corrected chi connectivity index (χ1v) is 9.73. The van der Waals surface area contributed by atoms with E-state index >= 15 is 0 Å². The topological polar surface area (TPSA) is 70.4 Å². The molecule has 0 radical (unpaired) electrons. The van der Waals surface area contributed by atoms with Gasteiger partial charge >= 0.3 is 5.97 Å². The van der Waals surface area contributed by atoms with Gasteiger partial charge < -0.3 is 9.64 Å². The number of anilines is 1. The fraction of sp³-hybridized carbons (Fsp3) is 0.250. The largest absolute Gasteiger partial charge is 0.456 e. The molecule has 0 N–H and O–H groups in total. The van der Waals surface area contributed by atoms with E-state index in [1.54, 1.807) is 30.3 Å². The molecule has 5 nitrogen and oxygen atoms in total. The van der Waals surface area contributed by atoms with Crippen LogP contribution in [0.25, 0.3) is 0 Å². The molecular weight excluding hydrogens is 384 g/mol. The number of rotatable bonds is 9. The summed E-state index contributed by atoms with van der Waals surface area (Å²) in [5, 5.41) is 9.43. The van der Waals surface area contributed by atoms with Crippen LogP contribution < -0.4 is 4.90 Å². The molecule has 0 atom stereocenters. The number of nitriles is 1. The average molecular weight is 403 g/mol. The molecule has 0 heterocycles. The Labute approximate surface area is 167 Å². The van der Waals surface area contributed by atoms with Crippen LogP contribution in [-0.4, -0.2) is 30.8 Å². The third-order valence-corrected chi connectivity index (χ3v) is 5.09. The minimum atomic E-state index is -0.448. The minimum Gasteiger partial charge on any atom is -0.456 e. The van der Waals surface area contributed by atoms with Gasteiger partial charge in [0.1, 0.15) is 0 Å². The average Bonchev–Trinajstić information content (AvgIpc) is 2.69. The first-order valence-electron chi connectivity index (χ1n) is 8.37. The van der Waals surface area contributed by atoms with Crippen LogP contribution in [0.2, 0.25) is 5.02 Å². The predicted molar refractivity (Wildman–Crippen MR) is 107 cm³/mol. The number of halogens is 1. The SMILES string of the molecule is N#CCCN(C(=O)COC(=O)CCSc1ccccc1Cl)c1ccccc1. The van der Waals surface area contributed by atoms with Crippen LogP contribution in [0, 0.1) is 11.3 Å². The lowest BCUT2D eigenvalue weighted by Gasteiger charge is -2.21. The summed E-state index contributed by atoms with van der Waals surface area (Å²) >= 11 is 7.53. The highest BCUT2D eigenvalue weighted by molar-refractivity contribution is 7.99. The number of nitrogens with zero attached hydrogens (tertiary/aromatic N) is 2. The van der Waals surface area contributed by atoms with Gasteiger partial charge in [0.2, 0.25) is 0 Å². The lowest BCUT2D eigenvalue weighted by Crippen LogP contribution is -2.35. The number of esters is 1. The highest BCUT2D eigenvalue weighted by Gasteiger charge is 2.17. The van der Waals surface area contributed by atoms with Crippen LogP contribution in [0.4, 0.5) is 5.69 Å². The van der Waals surface area contributed by atoms with Gasteiger partial charge in [-0.25, -0.2) is 0 Å². The Hall–Kier alpha value is -2.49. The fourth-order valence-corrected chi connectivity index (χ4v) is 3.43. The third kappa shape index (κ3) is 6.97. The molecule has 0 aliphatic rings. The smallest absolute Gasteiger partial charge is 0.307 e. The van der Waals surface area contributed by atoms with Crippen LogP contribution in [0.15, 0.2) is 59.5 Å². The van der Waals surface area contributed by atoms with E-state index in [0.717, 1.165) is 4.90 Å². The van der Waals surface area contributed by atoms with Crippen molar-refractivity contribution in [3.8, 4) is 6.07 Å². The summed E-state index contributed by atoms with van der Waals surface area (Å²) < 4.78 is 5.10. The Balaban J connectivity index is 1.81. The molecule has 2 aromatic rings. The van der Waals surface area contributed by atoms with Crippen molar-refractivity contribution in [3.63, 3.8) is 0 Å². The summed E-state index contributed by atoms with van der Waals surface area (Å²) in [7, 11) is 0. The van der Waals surface area contributed by atoms with Crippen molar-refractivity contribution in [1.82, 2.24) is 0 Å². The van der Waals surface area contributed by atoms with E-state index < -0.39 is 5.97 Å². The Morgan fingerprint density at radius 2 is 1.81 bits per heavy atom. The van der Waals surface area contributed by atoms with Gasteiger partial charge in [-0.1, -0.05) is 41.9 Å². The maximum absolute atomic E-state index is 12.4. The molecule has 1 amide bonds. The van der Waals surface area contributed by atoms with Gasteiger partial charge in [0, 0.05) is 22.9 Å². The summed E-state index contributed by atoms with van der Waals surface area (Å²) in [6.07, 6.45) is 0.371. The summed E-state index contributed by atoms with van der Waals surface area (Å²) in [4.78, 5) is 26.7. The molecule has 0 spiro atoms. The van der Waals surface area contributed by atoms with E-state index in [2.05, 4.69) is 0 Å². The van der Waals surface area contributed by atoms with Gasteiger partial charge in [0.25, 0.3) is 5.91 Å². The number of hydrogen-bond acceptors (Lipinski definition) is 5. The maximum Gasteiger partial charge on any atom is 0.307 e. The van der Waals surface area contributed by atoms with E-state index in [9.17, 15) is 9.59 Å². The third-order valence-electron chi connectivity index (χ3n) is 3.57. The second kappa shape index (κ2) is 11.3. The first-order chi connectivity index (χ1) is 13.1. The molecule has 0 fully saturated rings. The highest BCUT2D eigenvalue weighted by atomic mass is 35.5. The monoisotopic (exact) mass is 402 g/mol. The molecule has 2 aromatic carbocycles. The van der Waals surface area contributed by atoms with Crippen molar-refractivity contribution < 1.29 is 14.3 Å². The molecule has 0 aliphatic carbocycles. The van der Waals surface area contributed by atoms with Gasteiger partial charge in [-0.05, 0) is 24.3 Å². The van der Waals surface area contributed by atoms with E-state index in [1.165, 1.54) is 16.7 Å². The second-order valence-electron chi connectivity index (χ2n) is 5.48. The lowest BCUT2D eigenvalue weighted by atomic mass is 10.2. The first kappa shape index (κ1) is 20.8. The van der Waals surface area contributed by atoms with Gasteiger partial charge in [0.15, 0.2) is 6.61 Å². The van der Waals surface area contributed by atoms with Crippen LogP contribution in [0.5, 0.6) is 0 Å². The van der Waals surface area contributed by atoms with Crippen molar-refractivity contribution >= 4 is 40.9 Å². The summed E-state index contributed by atoms with van der Waals surface area (Å²) in [5.74, 6) is -0.298. The molecule has 0 aromatic heterocycles. The predicted octanol–water partition coefficient (Wildman–Crippen LogP) is 4.31. The van der Waals surface area contributed by atoms with Gasteiger partial charge in [-0.2, -0.15) is 5.26 Å². The number of thioether (sulfide) groups is 1. The number of amides is 1. The van der Waals surface area contributed by atoms with E-state index in [0.29, 0.717) is 16.5 Å². The van der Waals surface area contributed by atoms with E-state index in [1.807, 2.05) is 30.3 Å². The van der Waals surface area contributed by atoms with Crippen molar-refractivity contribution in [2.75, 3.05) is 23.8 Å². The second-order valence-corrected chi connectivity index (χ2v) is 7.02. The number of carbonyl (C=O) groups is 2. The number of hydrogen-bond donors (Lipinski definition) is 0. The Morgan fingerprint density at radius 1 is 1.11 bits per heavy atom. The molecule has 27 heavy (non-hydrogen) atoms. The molecule has 140 valence electrons. The Kier molecular flexibility index (Phi) is 8.69. The van der Waals surface area contributed by atoms with Crippen molar-refractivity contribution in [2.45, 2.75) is 17.7 Å². The summed E-state index contributed by atoms with van der Waals surface area (Å²) in [6.45, 7) is -0.102. The van der Waals surface area contributed by atoms with Crippen LogP contribution in [0.3, 0.4) is 0 Å². The van der Waals surface area contributed by atoms with Gasteiger partial charge in [0.05, 0.1) is 23.9 Å². The summed E-state index contributed by atoms with van der Waals surface area (Å²) in [6, 6.07) is 18.4. The van der Waals surface area contributed by atoms with Crippen molar-refractivity contribution in [3.05, 3.63) is 59.6 Å². The van der Waals surface area contributed by atoms with Crippen LogP contribution in [-0.2, 0) is 14.3 Å². The number of para-hydroxylation sites is 1. The lowest BCUT2D eigenvalue weighted by molar-refractivity contribution is -0.147. The number of benzene rings is 2. The maximum atomic E-state index is 12.4. The van der Waals surface area contributed by atoms with E-state index in [-0.39, 0.29) is 31.9 Å². The van der Waals surface area contributed by atoms with Crippen LogP contribution in [0.1, 0.15) is 12.8 Å². The molecule has 0 saturated heterocycles. The van der Waals surface area contributed by atoms with Crippen molar-refractivity contribution in [2.24, 2.45) is 0 Å². The van der Waals surface area contributed by atoms with Gasteiger partial charge in [-0.3, -0.25) is 9.59 Å². The normalized spacial score (nSPS) is 10.1. The zero-order valence-electron chi connectivity index (χ0n) is 14.6. The van der Waals surface area contributed by atoms with Crippen LogP contribution >= 0.6 is 23.4 Å². The molecule has 7 heteroatoms. The van der Waals surface area contributed by atoms with Gasteiger partial charge in [-0.15, -0.1) is 11.8 Å². The summed E-state index contributed by atoms with van der Waals surface area (Å²) in [5.41, 5.74) is 0.670. The Morgan fingerprint density at radius 3 is 2.52 bits per heavy atom. The Bertz CT molecular complexity index is 808. The molecular formula is C20H19ClN2O3S. The fourth-order valence-electron chi connectivity index (χ4n) is 2.27. The molecule has 0 aliphatic heterocycles. The molecule has 0 bridgehead atoms. The minimum absolute atomic E-state index is 0.173. The highest BCUT2D eigenvalue weighted by Crippen LogP contribution is 2.27. The molecule has 0 unspecified atom stereocenters. The van der Waals surface area contributed by atoms with E-state index in [4.69, 9.17) is 21.6 Å². The quantitative estimate of drug-likeness (QED) is 0.461. The number of ether oxygens (including phenoxy) is 1. The zero-order valence-corrected chi connectivity index (χ0v) is 16.2. The standard InChI is InChI=1S/C20H19ClN2O3S/c21-17-9-4-5-10-18(17)27-14-11-20(25)26-15-19(24)23(13-6-12-22)16-7-2-1-3-8-16/h1-5,7-10H,6,11,13-15H2. The van der Waals surface area contributed by atoms with Crippen molar-refractivity contribution in [1.29, 1.82) is 5.26 Å². The molecule has 0 saturated carbocycles. The molecule has 2 rings (SSSR count).